The topological polar surface area (TPSA) is 77.1 Å². The van der Waals surface area contributed by atoms with Crippen molar-refractivity contribution in [3.63, 3.8) is 0 Å². The fourth-order valence-electron chi connectivity index (χ4n) is 3.06. The van der Waals surface area contributed by atoms with E-state index in [0.29, 0.717) is 36.9 Å². The molecule has 0 aliphatic heterocycles. The van der Waals surface area contributed by atoms with E-state index in [1.54, 1.807) is 32.2 Å². The normalized spacial score (nSPS) is 10.9. The summed E-state index contributed by atoms with van der Waals surface area (Å²) in [6.07, 6.45) is 3.06. The molecule has 1 amide bonds. The van der Waals surface area contributed by atoms with Gasteiger partial charge in [-0.25, -0.2) is 4.79 Å². The number of carbonyl (C=O) groups excluding carboxylic acids is 2. The summed E-state index contributed by atoms with van der Waals surface area (Å²) in [6, 6.07) is 13.1. The molecule has 2 rings (SSSR count). The Hall–Kier alpha value is -3.32. The number of likely N-dealkylation sites (N-methyl/N-ethyl adjacent to an activating group) is 1. The van der Waals surface area contributed by atoms with Gasteiger partial charge in [0.05, 0.1) is 26.9 Å². The predicted octanol–water partition coefficient (Wildman–Crippen LogP) is 4.13. The first-order chi connectivity index (χ1) is 15.5. The number of hydrogen-bond acceptors (Lipinski definition) is 6. The Balaban J connectivity index is 1.92. The second-order valence-electron chi connectivity index (χ2n) is 6.98. The van der Waals surface area contributed by atoms with E-state index in [1.807, 2.05) is 49.1 Å². The van der Waals surface area contributed by atoms with Gasteiger partial charge in [-0.1, -0.05) is 25.1 Å². The molecule has 7 nitrogen and oxygen atoms in total. The average Bonchev–Trinajstić information content (AvgIpc) is 2.79. The van der Waals surface area contributed by atoms with E-state index in [2.05, 4.69) is 5.32 Å². The van der Waals surface area contributed by atoms with Crippen molar-refractivity contribution in [3.05, 3.63) is 59.7 Å². The molecule has 1 N–H and O–H groups in total. The summed E-state index contributed by atoms with van der Waals surface area (Å²) in [6.45, 7) is 8.22. The molecule has 0 saturated heterocycles. The van der Waals surface area contributed by atoms with Crippen molar-refractivity contribution in [2.75, 3.05) is 38.7 Å². The van der Waals surface area contributed by atoms with Crippen LogP contribution < -0.4 is 14.8 Å². The summed E-state index contributed by atoms with van der Waals surface area (Å²) in [7, 11) is 1.62. The first-order valence-corrected chi connectivity index (χ1v) is 10.8. The molecule has 0 aromatic heterocycles. The van der Waals surface area contributed by atoms with Crippen LogP contribution in [0, 0.1) is 0 Å². The Morgan fingerprint density at radius 3 is 2.38 bits per heavy atom. The van der Waals surface area contributed by atoms with Crippen LogP contribution in [0.5, 0.6) is 11.5 Å². The van der Waals surface area contributed by atoms with E-state index in [-0.39, 0.29) is 18.4 Å². The summed E-state index contributed by atoms with van der Waals surface area (Å²) >= 11 is 0. The molecule has 7 heteroatoms. The molecule has 32 heavy (non-hydrogen) atoms. The summed E-state index contributed by atoms with van der Waals surface area (Å²) in [5.41, 5.74) is 2.58. The molecule has 0 fully saturated rings. The number of amides is 1. The number of benzene rings is 2. The van der Waals surface area contributed by atoms with Gasteiger partial charge >= 0.3 is 5.97 Å². The number of rotatable bonds is 12. The molecular formula is C25H32N2O5. The van der Waals surface area contributed by atoms with E-state index in [9.17, 15) is 9.59 Å². The summed E-state index contributed by atoms with van der Waals surface area (Å²) in [5.74, 6) is 0.913. The van der Waals surface area contributed by atoms with Crippen LogP contribution in [-0.4, -0.2) is 50.2 Å². The SMILES string of the molecule is CCOC(=O)/C=C/c1ccc(NC(=O)CN(CC)Cc2ccc(OCC)c(OC)c2)cc1. The minimum absolute atomic E-state index is 0.0976. The number of ether oxygens (including phenoxy) is 3. The molecule has 0 unspecified atom stereocenters. The van der Waals surface area contributed by atoms with Crippen molar-refractivity contribution < 1.29 is 23.8 Å². The van der Waals surface area contributed by atoms with Gasteiger partial charge in [0.15, 0.2) is 11.5 Å². The molecule has 0 bridgehead atoms. The highest BCUT2D eigenvalue weighted by Gasteiger charge is 2.12. The largest absolute Gasteiger partial charge is 0.493 e. The van der Waals surface area contributed by atoms with Crippen LogP contribution in [0.1, 0.15) is 31.9 Å². The van der Waals surface area contributed by atoms with Crippen molar-refractivity contribution in [2.24, 2.45) is 0 Å². The fraction of sp³-hybridized carbons (Fsp3) is 0.360. The average molecular weight is 441 g/mol. The van der Waals surface area contributed by atoms with Crippen molar-refractivity contribution in [3.8, 4) is 11.5 Å². The number of anilines is 1. The third kappa shape index (κ3) is 8.07. The van der Waals surface area contributed by atoms with Crippen molar-refractivity contribution in [1.82, 2.24) is 4.90 Å². The first-order valence-electron chi connectivity index (χ1n) is 10.8. The quantitative estimate of drug-likeness (QED) is 0.395. The Morgan fingerprint density at radius 2 is 1.75 bits per heavy atom. The summed E-state index contributed by atoms with van der Waals surface area (Å²) in [4.78, 5) is 26.0. The van der Waals surface area contributed by atoms with Gasteiger partial charge in [0, 0.05) is 18.3 Å². The van der Waals surface area contributed by atoms with Crippen LogP contribution in [0.15, 0.2) is 48.5 Å². The fourth-order valence-corrected chi connectivity index (χ4v) is 3.06. The summed E-state index contributed by atoms with van der Waals surface area (Å²) in [5, 5.41) is 2.91. The zero-order chi connectivity index (χ0) is 23.3. The maximum absolute atomic E-state index is 12.5. The monoisotopic (exact) mass is 440 g/mol. The molecular weight excluding hydrogens is 408 g/mol. The zero-order valence-corrected chi connectivity index (χ0v) is 19.2. The highest BCUT2D eigenvalue weighted by molar-refractivity contribution is 5.92. The molecule has 0 radical (unpaired) electrons. The molecule has 2 aromatic rings. The van der Waals surface area contributed by atoms with Gasteiger partial charge in [-0.15, -0.1) is 0 Å². The lowest BCUT2D eigenvalue weighted by Gasteiger charge is -2.21. The highest BCUT2D eigenvalue weighted by atomic mass is 16.5. The standard InChI is InChI=1S/C25H32N2O5/c1-5-27(17-20-10-14-22(31-6-2)23(16-20)30-4)18-24(28)26-21-12-8-19(9-13-21)11-15-25(29)32-7-3/h8-16H,5-7,17-18H2,1-4H3,(H,26,28)/b15-11+. The zero-order valence-electron chi connectivity index (χ0n) is 19.2. The van der Waals surface area contributed by atoms with Gasteiger partial charge in [-0.05, 0) is 61.9 Å². The lowest BCUT2D eigenvalue weighted by atomic mass is 10.2. The summed E-state index contributed by atoms with van der Waals surface area (Å²) < 4.78 is 15.8. The van der Waals surface area contributed by atoms with Crippen LogP contribution in [0.4, 0.5) is 5.69 Å². The van der Waals surface area contributed by atoms with Crippen LogP contribution >= 0.6 is 0 Å². The third-order valence-corrected chi connectivity index (χ3v) is 4.64. The maximum Gasteiger partial charge on any atom is 0.330 e. The number of hydrogen-bond donors (Lipinski definition) is 1. The molecule has 0 aliphatic carbocycles. The highest BCUT2D eigenvalue weighted by Crippen LogP contribution is 2.28. The number of methoxy groups -OCH3 is 1. The van der Waals surface area contributed by atoms with Crippen molar-refractivity contribution in [2.45, 2.75) is 27.3 Å². The second-order valence-corrected chi connectivity index (χ2v) is 6.98. The lowest BCUT2D eigenvalue weighted by molar-refractivity contribution is -0.137. The van der Waals surface area contributed by atoms with Gasteiger partial charge in [-0.2, -0.15) is 0 Å². The van der Waals surface area contributed by atoms with E-state index >= 15 is 0 Å². The Labute approximate surface area is 190 Å². The van der Waals surface area contributed by atoms with Gasteiger partial charge in [0.25, 0.3) is 0 Å². The Bertz CT molecular complexity index is 909. The van der Waals surface area contributed by atoms with E-state index < -0.39 is 0 Å². The van der Waals surface area contributed by atoms with Gasteiger partial charge in [-0.3, -0.25) is 9.69 Å². The van der Waals surface area contributed by atoms with Crippen LogP contribution in [0.2, 0.25) is 0 Å². The Kier molecular flexibility index (Phi) is 10.3. The number of nitrogens with one attached hydrogen (secondary N) is 1. The second kappa shape index (κ2) is 13.2. The Morgan fingerprint density at radius 1 is 1.00 bits per heavy atom. The van der Waals surface area contributed by atoms with E-state index in [4.69, 9.17) is 14.2 Å². The smallest absolute Gasteiger partial charge is 0.330 e. The minimum atomic E-state index is -0.380. The van der Waals surface area contributed by atoms with Gasteiger partial charge in [0.1, 0.15) is 0 Å². The number of carbonyl (C=O) groups is 2. The molecule has 0 heterocycles. The van der Waals surface area contributed by atoms with Gasteiger partial charge < -0.3 is 19.5 Å². The van der Waals surface area contributed by atoms with Crippen LogP contribution in [0.3, 0.4) is 0 Å². The minimum Gasteiger partial charge on any atom is -0.493 e. The van der Waals surface area contributed by atoms with E-state index in [1.165, 1.54) is 6.08 Å². The molecule has 0 aliphatic rings. The van der Waals surface area contributed by atoms with Crippen molar-refractivity contribution in [1.29, 1.82) is 0 Å². The van der Waals surface area contributed by atoms with Crippen LogP contribution in [-0.2, 0) is 20.9 Å². The maximum atomic E-state index is 12.5. The third-order valence-electron chi connectivity index (χ3n) is 4.64. The number of nitrogens with zero attached hydrogens (tertiary/aromatic N) is 1. The molecule has 0 spiro atoms. The number of esters is 1. The molecule has 0 atom stereocenters. The van der Waals surface area contributed by atoms with E-state index in [0.717, 1.165) is 17.7 Å². The van der Waals surface area contributed by atoms with Crippen LogP contribution in [0.25, 0.3) is 6.08 Å². The predicted molar refractivity (Wildman–Crippen MR) is 126 cm³/mol. The molecule has 172 valence electrons. The first kappa shape index (κ1) is 24.9. The van der Waals surface area contributed by atoms with Gasteiger partial charge in [0.2, 0.25) is 5.91 Å². The lowest BCUT2D eigenvalue weighted by Crippen LogP contribution is -2.32. The molecule has 2 aromatic carbocycles. The van der Waals surface area contributed by atoms with Crippen molar-refractivity contribution >= 4 is 23.6 Å². The molecule has 0 saturated carbocycles.